The van der Waals surface area contributed by atoms with Crippen molar-refractivity contribution in [2.45, 2.75) is 25.8 Å². The van der Waals surface area contributed by atoms with Gasteiger partial charge in [0.25, 0.3) is 5.91 Å². The van der Waals surface area contributed by atoms with E-state index in [1.54, 1.807) is 31.4 Å². The maximum Gasteiger partial charge on any atom is 0.251 e. The fourth-order valence-electron chi connectivity index (χ4n) is 3.01. The number of hydrogen-bond donors (Lipinski definition) is 3. The summed E-state index contributed by atoms with van der Waals surface area (Å²) in [5.74, 6) is 0.953. The Labute approximate surface area is 172 Å². The maximum atomic E-state index is 12.1. The van der Waals surface area contributed by atoms with Crippen molar-refractivity contribution in [1.29, 1.82) is 0 Å². The lowest BCUT2D eigenvalue weighted by Crippen LogP contribution is -2.39. The lowest BCUT2D eigenvalue weighted by molar-refractivity contribution is 0.0954. The zero-order chi connectivity index (χ0) is 18.1. The summed E-state index contributed by atoms with van der Waals surface area (Å²) in [4.78, 5) is 18.9. The molecule has 1 aliphatic heterocycles. The second-order valence-corrected chi connectivity index (χ2v) is 6.07. The molecule has 0 saturated carbocycles. The standard InChI is InChI=1S/C18H29N5O2.HI/c1-3-23-11-5-7-15(23)13-22-18(19)21-10-9-20-17(24)14-6-4-8-16(12-14)25-2;/h4,6,8,12,15H,3,5,7,9-11,13H2,1-2H3,(H,20,24)(H3,19,21,22);1H. The molecule has 1 atom stereocenters. The third-order valence-corrected chi connectivity index (χ3v) is 4.43. The fourth-order valence-corrected chi connectivity index (χ4v) is 3.01. The van der Waals surface area contributed by atoms with Crippen LogP contribution >= 0.6 is 24.0 Å². The van der Waals surface area contributed by atoms with Crippen LogP contribution in [0.15, 0.2) is 29.3 Å². The van der Waals surface area contributed by atoms with Gasteiger partial charge in [-0.2, -0.15) is 0 Å². The number of rotatable bonds is 8. The molecule has 0 spiro atoms. The smallest absolute Gasteiger partial charge is 0.251 e. The number of methoxy groups -OCH3 is 1. The van der Waals surface area contributed by atoms with E-state index in [-0.39, 0.29) is 29.9 Å². The second-order valence-electron chi connectivity index (χ2n) is 6.07. The van der Waals surface area contributed by atoms with Gasteiger partial charge in [0.05, 0.1) is 13.7 Å². The first kappa shape index (κ1) is 22.5. The van der Waals surface area contributed by atoms with Crippen molar-refractivity contribution >= 4 is 35.8 Å². The molecule has 1 aromatic carbocycles. The molecule has 1 saturated heterocycles. The minimum Gasteiger partial charge on any atom is -0.497 e. The highest BCUT2D eigenvalue weighted by Crippen LogP contribution is 2.16. The maximum absolute atomic E-state index is 12.1. The Bertz CT molecular complexity index is 597. The van der Waals surface area contributed by atoms with Gasteiger partial charge in [0, 0.05) is 24.7 Å². The van der Waals surface area contributed by atoms with Crippen molar-refractivity contribution in [1.82, 2.24) is 15.5 Å². The van der Waals surface area contributed by atoms with Crippen LogP contribution in [0.3, 0.4) is 0 Å². The Morgan fingerprint density at radius 2 is 2.15 bits per heavy atom. The average Bonchev–Trinajstić information content (AvgIpc) is 3.11. The van der Waals surface area contributed by atoms with Crippen LogP contribution in [-0.4, -0.2) is 62.6 Å². The summed E-state index contributed by atoms with van der Waals surface area (Å²) in [6.07, 6.45) is 2.42. The third kappa shape index (κ3) is 6.99. The summed E-state index contributed by atoms with van der Waals surface area (Å²) in [5.41, 5.74) is 6.47. The third-order valence-electron chi connectivity index (χ3n) is 4.43. The van der Waals surface area contributed by atoms with E-state index in [2.05, 4.69) is 27.4 Å². The van der Waals surface area contributed by atoms with E-state index in [1.807, 2.05) is 0 Å². The molecule has 0 radical (unpaired) electrons. The molecule has 0 aliphatic carbocycles. The van der Waals surface area contributed by atoms with E-state index in [4.69, 9.17) is 10.5 Å². The number of carbonyl (C=O) groups excluding carboxylic acids is 1. The van der Waals surface area contributed by atoms with Crippen LogP contribution < -0.4 is 21.1 Å². The first-order valence-electron chi connectivity index (χ1n) is 8.84. The molecule has 1 unspecified atom stereocenters. The lowest BCUT2D eigenvalue weighted by Gasteiger charge is -2.20. The highest BCUT2D eigenvalue weighted by molar-refractivity contribution is 14.0. The number of likely N-dealkylation sites (N-methyl/N-ethyl adjacent to an activating group) is 1. The minimum atomic E-state index is -0.138. The van der Waals surface area contributed by atoms with Crippen molar-refractivity contribution in [3.63, 3.8) is 0 Å². The van der Waals surface area contributed by atoms with Gasteiger partial charge in [-0.25, -0.2) is 0 Å². The van der Waals surface area contributed by atoms with Gasteiger partial charge in [-0.1, -0.05) is 13.0 Å². The van der Waals surface area contributed by atoms with E-state index < -0.39 is 0 Å². The van der Waals surface area contributed by atoms with Crippen LogP contribution in [-0.2, 0) is 0 Å². The molecule has 0 bridgehead atoms. The Hall–Kier alpha value is -1.55. The number of amides is 1. The predicted molar refractivity (Wildman–Crippen MR) is 116 cm³/mol. The number of ether oxygens (including phenoxy) is 1. The van der Waals surface area contributed by atoms with E-state index in [0.29, 0.717) is 36.4 Å². The summed E-state index contributed by atoms with van der Waals surface area (Å²) in [6, 6.07) is 7.55. The molecule has 1 fully saturated rings. The molecule has 1 aliphatic rings. The van der Waals surface area contributed by atoms with Crippen molar-refractivity contribution in [3.05, 3.63) is 29.8 Å². The van der Waals surface area contributed by atoms with Crippen molar-refractivity contribution in [3.8, 4) is 5.75 Å². The van der Waals surface area contributed by atoms with Crippen LogP contribution in [0.1, 0.15) is 30.1 Å². The average molecular weight is 475 g/mol. The molecule has 4 N–H and O–H groups in total. The Balaban J connectivity index is 0.00000338. The van der Waals surface area contributed by atoms with Crippen LogP contribution in [0.2, 0.25) is 0 Å². The number of nitrogens with zero attached hydrogens (tertiary/aromatic N) is 2. The van der Waals surface area contributed by atoms with E-state index in [1.165, 1.54) is 12.8 Å². The summed E-state index contributed by atoms with van der Waals surface area (Å²) >= 11 is 0. The second kappa shape index (κ2) is 11.9. The Morgan fingerprint density at radius 3 is 2.88 bits per heavy atom. The minimum absolute atomic E-state index is 0. The van der Waals surface area contributed by atoms with Crippen LogP contribution in [0, 0.1) is 0 Å². The molecule has 26 heavy (non-hydrogen) atoms. The van der Waals surface area contributed by atoms with Gasteiger partial charge in [-0.3, -0.25) is 14.7 Å². The van der Waals surface area contributed by atoms with E-state index >= 15 is 0 Å². The molecule has 0 aromatic heterocycles. The molecule has 8 heteroatoms. The fraction of sp³-hybridized carbons (Fsp3) is 0.556. The normalized spacial score (nSPS) is 17.5. The number of likely N-dealkylation sites (tertiary alicyclic amines) is 1. The number of nitrogens with one attached hydrogen (secondary N) is 2. The largest absolute Gasteiger partial charge is 0.497 e. The summed E-state index contributed by atoms with van der Waals surface area (Å²) in [7, 11) is 1.58. The summed E-state index contributed by atoms with van der Waals surface area (Å²) in [6.45, 7) is 6.12. The highest BCUT2D eigenvalue weighted by Gasteiger charge is 2.22. The molecule has 1 amide bonds. The lowest BCUT2D eigenvalue weighted by atomic mass is 10.2. The zero-order valence-electron chi connectivity index (χ0n) is 15.5. The van der Waals surface area contributed by atoms with Crippen molar-refractivity contribution in [2.24, 2.45) is 10.7 Å². The van der Waals surface area contributed by atoms with Crippen molar-refractivity contribution in [2.75, 3.05) is 39.8 Å². The zero-order valence-corrected chi connectivity index (χ0v) is 17.9. The topological polar surface area (TPSA) is 92.0 Å². The highest BCUT2D eigenvalue weighted by atomic mass is 127. The molecule has 7 nitrogen and oxygen atoms in total. The molecule has 146 valence electrons. The number of hydrogen-bond acceptors (Lipinski definition) is 4. The first-order valence-corrected chi connectivity index (χ1v) is 8.84. The monoisotopic (exact) mass is 475 g/mol. The Kier molecular flexibility index (Phi) is 10.3. The van der Waals surface area contributed by atoms with Gasteiger partial charge in [-0.15, -0.1) is 24.0 Å². The van der Waals surface area contributed by atoms with E-state index in [9.17, 15) is 4.79 Å². The molecular formula is C18H30IN5O2. The SMILES string of the molecule is CCN1CCCC1CN=C(N)NCCNC(=O)c1cccc(OC)c1.I. The van der Waals surface area contributed by atoms with Crippen LogP contribution in [0.25, 0.3) is 0 Å². The number of halogens is 1. The van der Waals surface area contributed by atoms with Crippen LogP contribution in [0.4, 0.5) is 0 Å². The summed E-state index contributed by atoms with van der Waals surface area (Å²) < 4.78 is 5.12. The number of aliphatic imine (C=N–C) groups is 1. The van der Waals surface area contributed by atoms with Gasteiger partial charge < -0.3 is 21.1 Å². The first-order chi connectivity index (χ1) is 12.1. The van der Waals surface area contributed by atoms with Crippen molar-refractivity contribution < 1.29 is 9.53 Å². The van der Waals surface area contributed by atoms with Gasteiger partial charge in [0.2, 0.25) is 0 Å². The Morgan fingerprint density at radius 1 is 1.38 bits per heavy atom. The molecular weight excluding hydrogens is 445 g/mol. The van der Waals surface area contributed by atoms with E-state index in [0.717, 1.165) is 19.6 Å². The molecule has 2 rings (SSSR count). The number of guanidine groups is 1. The number of nitrogens with two attached hydrogens (primary N) is 1. The predicted octanol–water partition coefficient (Wildman–Crippen LogP) is 1.43. The van der Waals surface area contributed by atoms with Gasteiger partial charge in [-0.05, 0) is 44.1 Å². The number of carbonyl (C=O) groups is 1. The van der Waals surface area contributed by atoms with Crippen LogP contribution in [0.5, 0.6) is 5.75 Å². The van der Waals surface area contributed by atoms with Gasteiger partial charge in [0.1, 0.15) is 5.75 Å². The van der Waals surface area contributed by atoms with Gasteiger partial charge in [0.15, 0.2) is 5.96 Å². The quantitative estimate of drug-likeness (QED) is 0.229. The number of benzene rings is 1. The molecule has 1 heterocycles. The summed E-state index contributed by atoms with van der Waals surface area (Å²) in [5, 5.41) is 5.88. The van der Waals surface area contributed by atoms with Gasteiger partial charge >= 0.3 is 0 Å². The molecule has 1 aromatic rings.